The van der Waals surface area contributed by atoms with Gasteiger partial charge in [0.05, 0.1) is 31.5 Å². The number of fused-ring (bicyclic) bond motifs is 1. The number of rotatable bonds is 12. The summed E-state index contributed by atoms with van der Waals surface area (Å²) in [7, 11) is 0. The third-order valence-electron chi connectivity index (χ3n) is 5.88. The van der Waals surface area contributed by atoms with Gasteiger partial charge in [-0.1, -0.05) is 43.3 Å². The maximum absolute atomic E-state index is 12.7. The highest BCUT2D eigenvalue weighted by Crippen LogP contribution is 2.29. The van der Waals surface area contributed by atoms with Gasteiger partial charge in [0, 0.05) is 5.56 Å². The van der Waals surface area contributed by atoms with Crippen LogP contribution in [0.5, 0.6) is 17.2 Å². The van der Waals surface area contributed by atoms with Gasteiger partial charge in [0.1, 0.15) is 5.75 Å². The summed E-state index contributed by atoms with van der Waals surface area (Å²) in [5.74, 6) is -0.0971. The number of benzene rings is 4. The summed E-state index contributed by atoms with van der Waals surface area (Å²) in [5.41, 5.74) is 3.85. The van der Waals surface area contributed by atoms with Crippen molar-refractivity contribution in [2.45, 2.75) is 20.3 Å². The van der Waals surface area contributed by atoms with Crippen LogP contribution in [0, 0.1) is 0 Å². The number of carbonyl (C=O) groups is 3. The quantitative estimate of drug-likeness (QED) is 0.109. The van der Waals surface area contributed by atoms with Gasteiger partial charge < -0.3 is 19.5 Å². The predicted octanol–water partition coefficient (Wildman–Crippen LogP) is 5.13. The van der Waals surface area contributed by atoms with E-state index in [1.54, 1.807) is 54.6 Å². The minimum atomic E-state index is -0.535. The molecule has 0 aromatic heterocycles. The molecule has 0 aliphatic heterocycles. The SMILES string of the molecule is CCCOc1ccc(C(=O)Oc2ccc(/C=N/NC(=O)CNC(=O)c3cccc4ccccc34)cc2OCC)cc1. The number of hydrogen-bond donors (Lipinski definition) is 2. The Balaban J connectivity index is 1.32. The first-order valence-corrected chi connectivity index (χ1v) is 13.3. The summed E-state index contributed by atoms with van der Waals surface area (Å²) in [6.45, 7) is 4.54. The summed E-state index contributed by atoms with van der Waals surface area (Å²) in [5, 5.41) is 8.32. The van der Waals surface area contributed by atoms with Gasteiger partial charge in [0.2, 0.25) is 0 Å². The van der Waals surface area contributed by atoms with Crippen LogP contribution >= 0.6 is 0 Å². The molecule has 9 heteroatoms. The van der Waals surface area contributed by atoms with E-state index < -0.39 is 11.9 Å². The number of nitrogens with one attached hydrogen (secondary N) is 2. The Labute approximate surface area is 238 Å². The van der Waals surface area contributed by atoms with E-state index in [1.807, 2.05) is 44.2 Å². The average Bonchev–Trinajstić information content (AvgIpc) is 3.00. The second-order valence-electron chi connectivity index (χ2n) is 8.90. The first kappa shape index (κ1) is 28.8. The molecule has 0 bridgehead atoms. The molecule has 210 valence electrons. The van der Waals surface area contributed by atoms with E-state index in [4.69, 9.17) is 14.2 Å². The van der Waals surface area contributed by atoms with Gasteiger partial charge >= 0.3 is 5.97 Å². The molecule has 0 fully saturated rings. The van der Waals surface area contributed by atoms with Crippen LogP contribution < -0.4 is 25.0 Å². The fourth-order valence-corrected chi connectivity index (χ4v) is 3.92. The van der Waals surface area contributed by atoms with E-state index in [0.717, 1.165) is 17.2 Å². The predicted molar refractivity (Wildman–Crippen MR) is 157 cm³/mol. The Morgan fingerprint density at radius 2 is 1.63 bits per heavy atom. The Morgan fingerprint density at radius 3 is 2.41 bits per heavy atom. The molecule has 4 aromatic carbocycles. The standard InChI is InChI=1S/C32H31N3O6/c1-3-18-40-25-15-13-24(14-16-25)32(38)41-28-17-12-22(19-29(28)39-4-2)20-34-35-30(36)21-33-31(37)27-11-7-9-23-8-5-6-10-26(23)27/h5-17,19-20H,3-4,18,21H2,1-2H3,(H,33,37)(H,35,36)/b34-20+. The van der Waals surface area contributed by atoms with Crippen molar-refractivity contribution < 1.29 is 28.6 Å². The molecule has 0 atom stereocenters. The zero-order valence-electron chi connectivity index (χ0n) is 22.9. The monoisotopic (exact) mass is 553 g/mol. The summed E-state index contributed by atoms with van der Waals surface area (Å²) >= 11 is 0. The van der Waals surface area contributed by atoms with Crippen molar-refractivity contribution in [3.63, 3.8) is 0 Å². The van der Waals surface area contributed by atoms with Gasteiger partial charge in [-0.05, 0) is 78.2 Å². The van der Waals surface area contributed by atoms with Crippen molar-refractivity contribution in [1.82, 2.24) is 10.7 Å². The lowest BCUT2D eigenvalue weighted by Gasteiger charge is -2.12. The third kappa shape index (κ3) is 7.92. The first-order chi connectivity index (χ1) is 20.0. The van der Waals surface area contributed by atoms with Gasteiger partial charge in [-0.2, -0.15) is 5.10 Å². The van der Waals surface area contributed by atoms with Gasteiger partial charge in [-0.3, -0.25) is 9.59 Å². The van der Waals surface area contributed by atoms with Gasteiger partial charge in [-0.15, -0.1) is 0 Å². The van der Waals surface area contributed by atoms with E-state index in [2.05, 4.69) is 15.8 Å². The lowest BCUT2D eigenvalue weighted by Crippen LogP contribution is -2.35. The first-order valence-electron chi connectivity index (χ1n) is 13.3. The molecule has 0 spiro atoms. The van der Waals surface area contributed by atoms with Crippen LogP contribution in [-0.2, 0) is 4.79 Å². The fourth-order valence-electron chi connectivity index (χ4n) is 3.92. The fraction of sp³-hybridized carbons (Fsp3) is 0.188. The third-order valence-corrected chi connectivity index (χ3v) is 5.88. The van der Waals surface area contributed by atoms with E-state index in [1.165, 1.54) is 6.21 Å². The molecular weight excluding hydrogens is 522 g/mol. The van der Waals surface area contributed by atoms with Crippen LogP contribution in [0.1, 0.15) is 46.5 Å². The number of hydrogen-bond acceptors (Lipinski definition) is 7. The van der Waals surface area contributed by atoms with Crippen molar-refractivity contribution >= 4 is 34.8 Å². The van der Waals surface area contributed by atoms with E-state index >= 15 is 0 Å². The molecule has 0 saturated heterocycles. The maximum atomic E-state index is 12.7. The molecular formula is C32H31N3O6. The highest BCUT2D eigenvalue weighted by Gasteiger charge is 2.14. The zero-order valence-corrected chi connectivity index (χ0v) is 22.9. The van der Waals surface area contributed by atoms with Crippen LogP contribution in [0.4, 0.5) is 0 Å². The molecule has 0 aliphatic carbocycles. The average molecular weight is 554 g/mol. The number of ether oxygens (including phenoxy) is 3. The molecule has 2 N–H and O–H groups in total. The second-order valence-corrected chi connectivity index (χ2v) is 8.90. The molecule has 0 aliphatic rings. The van der Waals surface area contributed by atoms with Crippen molar-refractivity contribution in [3.05, 3.63) is 102 Å². The molecule has 2 amide bonds. The molecule has 0 saturated carbocycles. The minimum absolute atomic E-state index is 0.246. The summed E-state index contributed by atoms with van der Waals surface area (Å²) in [6, 6.07) is 24.6. The minimum Gasteiger partial charge on any atom is -0.494 e. The molecule has 0 radical (unpaired) electrons. The maximum Gasteiger partial charge on any atom is 0.343 e. The second kappa shape index (κ2) is 14.3. The Hall–Kier alpha value is -5.18. The number of hydrazone groups is 1. The molecule has 4 aromatic rings. The van der Waals surface area contributed by atoms with Crippen molar-refractivity contribution in [1.29, 1.82) is 0 Å². The molecule has 9 nitrogen and oxygen atoms in total. The van der Waals surface area contributed by atoms with E-state index in [0.29, 0.717) is 41.4 Å². The topological polar surface area (TPSA) is 115 Å². The van der Waals surface area contributed by atoms with E-state index in [9.17, 15) is 14.4 Å². The van der Waals surface area contributed by atoms with Crippen molar-refractivity contribution in [2.24, 2.45) is 5.10 Å². The van der Waals surface area contributed by atoms with Crippen molar-refractivity contribution in [3.8, 4) is 17.2 Å². The number of carbonyl (C=O) groups excluding carboxylic acids is 3. The largest absolute Gasteiger partial charge is 0.494 e. The van der Waals surface area contributed by atoms with Gasteiger partial charge in [0.15, 0.2) is 11.5 Å². The molecule has 4 rings (SSSR count). The van der Waals surface area contributed by atoms with Gasteiger partial charge in [0.25, 0.3) is 11.8 Å². The van der Waals surface area contributed by atoms with Gasteiger partial charge in [-0.25, -0.2) is 10.2 Å². The number of esters is 1. The van der Waals surface area contributed by atoms with Crippen LogP contribution in [0.15, 0.2) is 90.0 Å². The Bertz CT molecular complexity index is 1540. The molecule has 41 heavy (non-hydrogen) atoms. The summed E-state index contributed by atoms with van der Waals surface area (Å²) in [6.07, 6.45) is 2.31. The molecule has 0 heterocycles. The summed E-state index contributed by atoms with van der Waals surface area (Å²) in [4.78, 5) is 37.5. The zero-order chi connectivity index (χ0) is 29.0. The van der Waals surface area contributed by atoms with E-state index in [-0.39, 0.29) is 18.2 Å². The number of nitrogens with zero attached hydrogens (tertiary/aromatic N) is 1. The highest BCUT2D eigenvalue weighted by molar-refractivity contribution is 6.07. The van der Waals surface area contributed by atoms with Crippen molar-refractivity contribution in [2.75, 3.05) is 19.8 Å². The number of amides is 2. The Morgan fingerprint density at radius 1 is 0.854 bits per heavy atom. The van der Waals surface area contributed by atoms with Crippen LogP contribution in [0.25, 0.3) is 10.8 Å². The lowest BCUT2D eigenvalue weighted by molar-refractivity contribution is -0.120. The van der Waals surface area contributed by atoms with Crippen LogP contribution in [-0.4, -0.2) is 43.8 Å². The van der Waals surface area contributed by atoms with Crippen LogP contribution in [0.3, 0.4) is 0 Å². The summed E-state index contributed by atoms with van der Waals surface area (Å²) < 4.78 is 16.8. The molecule has 0 unspecified atom stereocenters. The highest BCUT2D eigenvalue weighted by atomic mass is 16.6. The lowest BCUT2D eigenvalue weighted by atomic mass is 10.0. The van der Waals surface area contributed by atoms with Crippen LogP contribution in [0.2, 0.25) is 0 Å². The normalized spacial score (nSPS) is 10.8. The smallest absolute Gasteiger partial charge is 0.343 e. The Kier molecular flexibility index (Phi) is 10.0.